The van der Waals surface area contributed by atoms with Gasteiger partial charge in [0.05, 0.1) is 16.9 Å². The second-order valence-electron chi connectivity index (χ2n) is 5.11. The van der Waals surface area contributed by atoms with Crippen LogP contribution in [0.15, 0.2) is 66.1 Å². The Hall–Kier alpha value is -3.11. The molecule has 1 N–H and O–H groups in total. The third-order valence-electron chi connectivity index (χ3n) is 3.37. The van der Waals surface area contributed by atoms with Gasteiger partial charge in [-0.2, -0.15) is 5.26 Å². The summed E-state index contributed by atoms with van der Waals surface area (Å²) in [6.45, 7) is 0. The van der Waals surface area contributed by atoms with Crippen LogP contribution >= 0.6 is 11.8 Å². The van der Waals surface area contributed by atoms with E-state index < -0.39 is 0 Å². The van der Waals surface area contributed by atoms with Crippen molar-refractivity contribution in [1.82, 2.24) is 14.8 Å². The molecule has 0 aliphatic heterocycles. The highest BCUT2D eigenvalue weighted by atomic mass is 32.2. The number of amides is 1. The van der Waals surface area contributed by atoms with Crippen molar-refractivity contribution in [3.05, 3.63) is 66.5 Å². The van der Waals surface area contributed by atoms with Gasteiger partial charge in [0.2, 0.25) is 11.1 Å². The van der Waals surface area contributed by atoms with E-state index in [4.69, 9.17) is 5.26 Å². The molecule has 3 aromatic rings. The third kappa shape index (κ3) is 4.46. The number of hydrogen-bond donors (Lipinski definition) is 1. The zero-order valence-corrected chi connectivity index (χ0v) is 14.1. The number of thioether (sulfide) groups is 1. The molecule has 1 aromatic heterocycles. The number of carbonyl (C=O) groups is 1. The number of carbonyl (C=O) groups excluding carboxylic acids is 1. The summed E-state index contributed by atoms with van der Waals surface area (Å²) < 4.78 is 1.70. The number of hydrogen-bond acceptors (Lipinski definition) is 5. The number of para-hydroxylation sites is 2. The molecular formula is C18H15N5OS. The maximum atomic E-state index is 12.0. The molecule has 1 amide bonds. The Morgan fingerprint density at radius 3 is 2.72 bits per heavy atom. The predicted octanol–water partition coefficient (Wildman–Crippen LogP) is 3.26. The van der Waals surface area contributed by atoms with E-state index in [9.17, 15) is 4.79 Å². The van der Waals surface area contributed by atoms with E-state index in [1.807, 2.05) is 30.3 Å². The van der Waals surface area contributed by atoms with Gasteiger partial charge in [0.1, 0.15) is 12.4 Å². The van der Waals surface area contributed by atoms with Crippen LogP contribution in [0.4, 0.5) is 5.69 Å². The molecule has 25 heavy (non-hydrogen) atoms. The first-order valence-electron chi connectivity index (χ1n) is 7.65. The smallest absolute Gasteiger partial charge is 0.225 e. The minimum atomic E-state index is -0.141. The van der Waals surface area contributed by atoms with Crippen LogP contribution in [0.5, 0.6) is 0 Å². The van der Waals surface area contributed by atoms with Gasteiger partial charge in [-0.3, -0.25) is 4.79 Å². The molecule has 124 valence electrons. The minimum absolute atomic E-state index is 0.141. The Labute approximate surface area is 149 Å². The van der Waals surface area contributed by atoms with Gasteiger partial charge in [0.25, 0.3) is 0 Å². The Bertz CT molecular complexity index is 901. The number of nitriles is 1. The lowest BCUT2D eigenvalue weighted by Gasteiger charge is -2.05. The topological polar surface area (TPSA) is 83.6 Å². The second-order valence-corrected chi connectivity index (χ2v) is 6.17. The summed E-state index contributed by atoms with van der Waals surface area (Å²) in [5.74, 6) is 0.414. The normalized spacial score (nSPS) is 10.2. The first-order chi connectivity index (χ1) is 12.3. The Morgan fingerprint density at radius 2 is 1.92 bits per heavy atom. The van der Waals surface area contributed by atoms with Gasteiger partial charge in [-0.05, 0) is 24.3 Å². The fourth-order valence-electron chi connectivity index (χ4n) is 2.16. The Morgan fingerprint density at radius 1 is 1.16 bits per heavy atom. The zero-order chi connectivity index (χ0) is 17.5. The van der Waals surface area contributed by atoms with Crippen molar-refractivity contribution in [1.29, 1.82) is 5.26 Å². The number of anilines is 1. The lowest BCUT2D eigenvalue weighted by molar-refractivity contribution is -0.115. The largest absolute Gasteiger partial charge is 0.325 e. The molecule has 0 aliphatic carbocycles. The van der Waals surface area contributed by atoms with Gasteiger partial charge >= 0.3 is 0 Å². The summed E-state index contributed by atoms with van der Waals surface area (Å²) in [5.41, 5.74) is 1.92. The lowest BCUT2D eigenvalue weighted by atomic mass is 10.2. The molecule has 0 saturated carbocycles. The monoisotopic (exact) mass is 349 g/mol. The molecule has 0 aliphatic rings. The van der Waals surface area contributed by atoms with E-state index in [2.05, 4.69) is 21.5 Å². The van der Waals surface area contributed by atoms with Gasteiger partial charge in [-0.1, -0.05) is 42.1 Å². The summed E-state index contributed by atoms with van der Waals surface area (Å²) in [5, 5.41) is 16.8. The molecule has 1 heterocycles. The van der Waals surface area contributed by atoms with E-state index in [1.165, 1.54) is 11.8 Å². The summed E-state index contributed by atoms with van der Waals surface area (Å²) in [6.07, 6.45) is 1.96. The molecule has 0 radical (unpaired) electrons. The number of aromatic nitrogens is 3. The van der Waals surface area contributed by atoms with E-state index in [-0.39, 0.29) is 5.91 Å². The fourth-order valence-corrected chi connectivity index (χ4v) is 2.89. The van der Waals surface area contributed by atoms with E-state index in [0.717, 1.165) is 5.69 Å². The number of nitrogens with zero attached hydrogens (tertiary/aromatic N) is 4. The van der Waals surface area contributed by atoms with E-state index in [1.54, 1.807) is 35.3 Å². The van der Waals surface area contributed by atoms with Gasteiger partial charge in [0.15, 0.2) is 0 Å². The van der Waals surface area contributed by atoms with E-state index >= 15 is 0 Å². The summed E-state index contributed by atoms with van der Waals surface area (Å²) >= 11 is 1.42. The minimum Gasteiger partial charge on any atom is -0.325 e. The summed E-state index contributed by atoms with van der Waals surface area (Å²) in [7, 11) is 0. The SMILES string of the molecule is N#Cc1ccccc1NC(=O)CCSc1ncn(-c2ccccc2)n1. The molecule has 3 rings (SSSR count). The van der Waals surface area contributed by atoms with Crippen LogP contribution in [0.3, 0.4) is 0 Å². The molecule has 2 aromatic carbocycles. The number of nitrogens with one attached hydrogen (secondary N) is 1. The van der Waals surface area contributed by atoms with Crippen molar-refractivity contribution in [3.63, 3.8) is 0 Å². The lowest BCUT2D eigenvalue weighted by Crippen LogP contribution is -2.13. The molecule has 0 atom stereocenters. The summed E-state index contributed by atoms with van der Waals surface area (Å²) in [6, 6.07) is 18.7. The molecule has 0 saturated heterocycles. The van der Waals surface area contributed by atoms with Crippen molar-refractivity contribution < 1.29 is 4.79 Å². The fraction of sp³-hybridized carbons (Fsp3) is 0.111. The van der Waals surface area contributed by atoms with Crippen LogP contribution in [0.25, 0.3) is 5.69 Å². The van der Waals surface area contributed by atoms with Gasteiger partial charge in [-0.25, -0.2) is 9.67 Å². The van der Waals surface area contributed by atoms with Crippen LogP contribution in [0, 0.1) is 11.3 Å². The third-order valence-corrected chi connectivity index (χ3v) is 4.23. The van der Waals surface area contributed by atoms with E-state index in [0.29, 0.717) is 28.6 Å². The molecule has 6 nitrogen and oxygen atoms in total. The number of rotatable bonds is 6. The van der Waals surface area contributed by atoms with Crippen molar-refractivity contribution in [2.75, 3.05) is 11.1 Å². The number of benzene rings is 2. The van der Waals surface area contributed by atoms with Crippen LogP contribution in [0.2, 0.25) is 0 Å². The highest BCUT2D eigenvalue weighted by Crippen LogP contribution is 2.17. The highest BCUT2D eigenvalue weighted by Gasteiger charge is 2.08. The first-order valence-corrected chi connectivity index (χ1v) is 8.63. The molecule has 0 bridgehead atoms. The molecule has 0 unspecified atom stereocenters. The first kappa shape index (κ1) is 16.7. The van der Waals surface area contributed by atoms with Crippen LogP contribution < -0.4 is 5.32 Å². The molecule has 0 spiro atoms. The van der Waals surface area contributed by atoms with Crippen LogP contribution in [-0.2, 0) is 4.79 Å². The van der Waals surface area contributed by atoms with Crippen LogP contribution in [-0.4, -0.2) is 26.4 Å². The quantitative estimate of drug-likeness (QED) is 0.691. The molecule has 7 heteroatoms. The predicted molar refractivity (Wildman–Crippen MR) is 96.5 cm³/mol. The van der Waals surface area contributed by atoms with Gasteiger partial charge in [-0.15, -0.1) is 5.10 Å². The molecule has 0 fully saturated rings. The van der Waals surface area contributed by atoms with Gasteiger partial charge < -0.3 is 5.32 Å². The standard InChI is InChI=1S/C18H15N5OS/c19-12-14-6-4-5-9-16(14)21-17(24)10-11-25-18-20-13-23(22-18)15-7-2-1-3-8-15/h1-9,13H,10-11H2,(H,21,24). The average molecular weight is 349 g/mol. The second kappa shape index (κ2) is 8.13. The van der Waals surface area contributed by atoms with Crippen molar-refractivity contribution in [2.45, 2.75) is 11.6 Å². The molecular weight excluding hydrogens is 334 g/mol. The van der Waals surface area contributed by atoms with Crippen LogP contribution in [0.1, 0.15) is 12.0 Å². The summed E-state index contributed by atoms with van der Waals surface area (Å²) in [4.78, 5) is 16.3. The van der Waals surface area contributed by atoms with Crippen molar-refractivity contribution in [3.8, 4) is 11.8 Å². The Balaban J connectivity index is 1.51. The van der Waals surface area contributed by atoms with Crippen molar-refractivity contribution in [2.24, 2.45) is 0 Å². The van der Waals surface area contributed by atoms with Crippen molar-refractivity contribution >= 4 is 23.4 Å². The highest BCUT2D eigenvalue weighted by molar-refractivity contribution is 7.99. The Kier molecular flexibility index (Phi) is 5.44. The maximum Gasteiger partial charge on any atom is 0.225 e. The maximum absolute atomic E-state index is 12.0. The zero-order valence-electron chi connectivity index (χ0n) is 13.3. The average Bonchev–Trinajstić information content (AvgIpc) is 3.12. The van der Waals surface area contributed by atoms with Gasteiger partial charge in [0, 0.05) is 12.2 Å².